The van der Waals surface area contributed by atoms with E-state index in [0.717, 1.165) is 32.7 Å². The lowest BCUT2D eigenvalue weighted by Crippen LogP contribution is -2.59. The summed E-state index contributed by atoms with van der Waals surface area (Å²) in [5.74, 6) is 0. The van der Waals surface area contributed by atoms with Gasteiger partial charge in [0.1, 0.15) is 0 Å². The van der Waals surface area contributed by atoms with Gasteiger partial charge in [0.15, 0.2) is 0 Å². The predicted octanol–water partition coefficient (Wildman–Crippen LogP) is 3.04. The minimum Gasteiger partial charge on any atom is -0.325 e. The largest absolute Gasteiger partial charge is 0.325 e. The molecule has 0 saturated carbocycles. The zero-order chi connectivity index (χ0) is 16.1. The van der Waals surface area contributed by atoms with Gasteiger partial charge in [0.2, 0.25) is 0 Å². The molecule has 2 rings (SSSR count). The Hall–Kier alpha value is -1.55. The topological polar surface area (TPSA) is 26.8 Å². The van der Waals surface area contributed by atoms with Gasteiger partial charge in [-0.05, 0) is 33.3 Å². The highest BCUT2D eigenvalue weighted by atomic mass is 16.2. The van der Waals surface area contributed by atoms with Crippen molar-refractivity contribution in [2.24, 2.45) is 0 Å². The lowest BCUT2D eigenvalue weighted by molar-refractivity contribution is 0.0400. The van der Waals surface area contributed by atoms with Crippen LogP contribution in [-0.2, 0) is 6.54 Å². The highest BCUT2D eigenvalue weighted by Crippen LogP contribution is 2.20. The van der Waals surface area contributed by atoms with Crippen LogP contribution in [0.25, 0.3) is 0 Å². The highest BCUT2D eigenvalue weighted by Gasteiger charge is 2.32. The molecular formula is C18H29N3O. The monoisotopic (exact) mass is 303 g/mol. The highest BCUT2D eigenvalue weighted by molar-refractivity contribution is 5.74. The van der Waals surface area contributed by atoms with Gasteiger partial charge < -0.3 is 9.80 Å². The van der Waals surface area contributed by atoms with Crippen LogP contribution in [0.1, 0.15) is 33.3 Å². The minimum atomic E-state index is 0.183. The molecule has 1 heterocycles. The smallest absolute Gasteiger partial charge is 0.320 e. The summed E-state index contributed by atoms with van der Waals surface area (Å²) < 4.78 is 0. The number of nitrogens with zero attached hydrogens (tertiary/aromatic N) is 3. The summed E-state index contributed by atoms with van der Waals surface area (Å²) in [4.78, 5) is 19.0. The average Bonchev–Trinajstić information content (AvgIpc) is 2.52. The number of rotatable bonds is 4. The second-order valence-corrected chi connectivity index (χ2v) is 6.22. The maximum absolute atomic E-state index is 12.5. The normalized spacial score (nSPS) is 22.6. The van der Waals surface area contributed by atoms with Crippen LogP contribution in [-0.4, -0.2) is 59.0 Å². The Morgan fingerprint density at radius 3 is 2.14 bits per heavy atom. The van der Waals surface area contributed by atoms with E-state index in [2.05, 4.69) is 49.1 Å². The van der Waals surface area contributed by atoms with Gasteiger partial charge in [-0.1, -0.05) is 30.3 Å². The number of carbonyl (C=O) groups is 1. The van der Waals surface area contributed by atoms with E-state index in [0.29, 0.717) is 12.1 Å². The van der Waals surface area contributed by atoms with Crippen LogP contribution in [0.4, 0.5) is 4.79 Å². The molecule has 22 heavy (non-hydrogen) atoms. The van der Waals surface area contributed by atoms with Crippen LogP contribution >= 0.6 is 0 Å². The molecule has 4 heteroatoms. The predicted molar refractivity (Wildman–Crippen MR) is 90.8 cm³/mol. The first-order valence-corrected chi connectivity index (χ1v) is 8.40. The van der Waals surface area contributed by atoms with Crippen molar-refractivity contribution in [1.82, 2.24) is 14.7 Å². The maximum atomic E-state index is 12.5. The van der Waals surface area contributed by atoms with Gasteiger partial charge in [-0.2, -0.15) is 0 Å². The zero-order valence-corrected chi connectivity index (χ0v) is 14.3. The number of hydrogen-bond donors (Lipinski definition) is 0. The Bertz CT molecular complexity index is 460. The molecule has 4 nitrogen and oxygen atoms in total. The Labute approximate surface area is 134 Å². The van der Waals surface area contributed by atoms with E-state index in [9.17, 15) is 4.79 Å². The van der Waals surface area contributed by atoms with Crippen LogP contribution in [0, 0.1) is 0 Å². The van der Waals surface area contributed by atoms with Crippen LogP contribution in [0.15, 0.2) is 30.3 Å². The van der Waals surface area contributed by atoms with Gasteiger partial charge in [-0.3, -0.25) is 4.90 Å². The fourth-order valence-electron chi connectivity index (χ4n) is 3.31. The first-order valence-electron chi connectivity index (χ1n) is 8.40. The molecule has 122 valence electrons. The molecule has 1 saturated heterocycles. The van der Waals surface area contributed by atoms with Crippen LogP contribution < -0.4 is 0 Å². The lowest BCUT2D eigenvalue weighted by atomic mass is 10.1. The maximum Gasteiger partial charge on any atom is 0.320 e. The molecule has 0 aromatic heterocycles. The number of piperazine rings is 1. The fraction of sp³-hybridized carbons (Fsp3) is 0.611. The van der Waals surface area contributed by atoms with Crippen molar-refractivity contribution in [3.63, 3.8) is 0 Å². The molecule has 0 spiro atoms. The summed E-state index contributed by atoms with van der Waals surface area (Å²) in [6.45, 7) is 12.7. The third kappa shape index (κ3) is 3.80. The second kappa shape index (κ2) is 7.63. The Balaban J connectivity index is 2.01. The zero-order valence-electron chi connectivity index (χ0n) is 14.3. The third-order valence-electron chi connectivity index (χ3n) is 4.61. The Morgan fingerprint density at radius 2 is 1.64 bits per heavy atom. The molecule has 1 aliphatic heterocycles. The molecule has 0 bridgehead atoms. The number of benzene rings is 1. The molecule has 0 radical (unpaired) electrons. The summed E-state index contributed by atoms with van der Waals surface area (Å²) in [7, 11) is 0. The van der Waals surface area contributed by atoms with E-state index in [1.54, 1.807) is 0 Å². The molecule has 1 fully saturated rings. The summed E-state index contributed by atoms with van der Waals surface area (Å²) in [6.07, 6.45) is 0. The molecular weight excluding hydrogens is 274 g/mol. The van der Waals surface area contributed by atoms with Crippen molar-refractivity contribution in [2.75, 3.05) is 26.2 Å². The number of hydrogen-bond acceptors (Lipinski definition) is 2. The third-order valence-corrected chi connectivity index (χ3v) is 4.61. The van der Waals surface area contributed by atoms with Crippen LogP contribution in [0.2, 0.25) is 0 Å². The Kier molecular flexibility index (Phi) is 5.83. The fourth-order valence-corrected chi connectivity index (χ4v) is 3.31. The SMILES string of the molecule is CCN(CC)C(=O)N1CC(C)N(Cc2ccccc2)C(C)C1. The molecule has 1 aliphatic rings. The summed E-state index contributed by atoms with van der Waals surface area (Å²) in [5, 5.41) is 0. The molecule has 2 amide bonds. The van der Waals surface area contributed by atoms with Crippen molar-refractivity contribution in [3.05, 3.63) is 35.9 Å². The first-order chi connectivity index (χ1) is 10.6. The van der Waals surface area contributed by atoms with E-state index in [4.69, 9.17) is 0 Å². The van der Waals surface area contributed by atoms with E-state index in [1.807, 2.05) is 23.6 Å². The standard InChI is InChI=1S/C18H29N3O/c1-5-19(6-2)18(22)20-12-15(3)21(16(4)13-20)14-17-10-8-7-9-11-17/h7-11,15-16H,5-6,12-14H2,1-4H3. The molecule has 2 atom stereocenters. The Morgan fingerprint density at radius 1 is 1.09 bits per heavy atom. The van der Waals surface area contributed by atoms with E-state index in [1.165, 1.54) is 5.56 Å². The van der Waals surface area contributed by atoms with Crippen molar-refractivity contribution in [1.29, 1.82) is 0 Å². The van der Waals surface area contributed by atoms with Gasteiger partial charge in [0, 0.05) is 44.8 Å². The molecule has 2 unspecified atom stereocenters. The van der Waals surface area contributed by atoms with Crippen molar-refractivity contribution >= 4 is 6.03 Å². The van der Waals surface area contributed by atoms with Gasteiger partial charge in [0.25, 0.3) is 0 Å². The average molecular weight is 303 g/mol. The van der Waals surface area contributed by atoms with E-state index in [-0.39, 0.29) is 6.03 Å². The van der Waals surface area contributed by atoms with Gasteiger partial charge in [-0.15, -0.1) is 0 Å². The summed E-state index contributed by atoms with van der Waals surface area (Å²) in [6, 6.07) is 11.5. The van der Waals surface area contributed by atoms with Gasteiger partial charge in [0.05, 0.1) is 0 Å². The van der Waals surface area contributed by atoms with Crippen molar-refractivity contribution in [2.45, 2.75) is 46.3 Å². The van der Waals surface area contributed by atoms with E-state index < -0.39 is 0 Å². The van der Waals surface area contributed by atoms with Crippen LogP contribution in [0.5, 0.6) is 0 Å². The summed E-state index contributed by atoms with van der Waals surface area (Å²) in [5.41, 5.74) is 1.34. The quantitative estimate of drug-likeness (QED) is 0.855. The minimum absolute atomic E-state index is 0.183. The molecule has 1 aromatic rings. The molecule has 1 aromatic carbocycles. The molecule has 0 aliphatic carbocycles. The van der Waals surface area contributed by atoms with Gasteiger partial charge >= 0.3 is 6.03 Å². The van der Waals surface area contributed by atoms with Crippen LogP contribution in [0.3, 0.4) is 0 Å². The lowest BCUT2D eigenvalue weighted by Gasteiger charge is -2.45. The second-order valence-electron chi connectivity index (χ2n) is 6.22. The number of urea groups is 1. The van der Waals surface area contributed by atoms with Crippen molar-refractivity contribution in [3.8, 4) is 0 Å². The molecule has 0 N–H and O–H groups in total. The number of carbonyl (C=O) groups excluding carboxylic acids is 1. The van der Waals surface area contributed by atoms with Gasteiger partial charge in [-0.25, -0.2) is 4.79 Å². The van der Waals surface area contributed by atoms with Crippen molar-refractivity contribution < 1.29 is 4.79 Å². The van der Waals surface area contributed by atoms with E-state index >= 15 is 0 Å². The summed E-state index contributed by atoms with van der Waals surface area (Å²) >= 11 is 0. The number of amides is 2. The first kappa shape index (κ1) is 16.8.